The highest BCUT2D eigenvalue weighted by Crippen LogP contribution is 2.21. The Labute approximate surface area is 109 Å². The van der Waals surface area contributed by atoms with Gasteiger partial charge in [0.1, 0.15) is 12.4 Å². The van der Waals surface area contributed by atoms with Gasteiger partial charge in [-0.15, -0.1) is 0 Å². The van der Waals surface area contributed by atoms with Gasteiger partial charge in [0, 0.05) is 12.6 Å². The van der Waals surface area contributed by atoms with Gasteiger partial charge in [-0.3, -0.25) is 0 Å². The van der Waals surface area contributed by atoms with Crippen molar-refractivity contribution in [2.24, 2.45) is 0 Å². The molecule has 1 saturated carbocycles. The van der Waals surface area contributed by atoms with Crippen molar-refractivity contribution >= 4 is 0 Å². The molecule has 0 radical (unpaired) electrons. The van der Waals surface area contributed by atoms with Crippen molar-refractivity contribution in [1.29, 1.82) is 0 Å². The molecule has 0 saturated heterocycles. The quantitative estimate of drug-likeness (QED) is 0.780. The van der Waals surface area contributed by atoms with Crippen LogP contribution >= 0.6 is 0 Å². The molecule has 0 heterocycles. The number of nitrogens with one attached hydrogen (secondary N) is 1. The molecule has 100 valence electrons. The highest BCUT2D eigenvalue weighted by molar-refractivity contribution is 5.28. The van der Waals surface area contributed by atoms with E-state index in [9.17, 15) is 5.11 Å². The molecule has 0 bridgehead atoms. The molecule has 1 fully saturated rings. The van der Waals surface area contributed by atoms with E-state index in [2.05, 4.69) is 11.4 Å². The first-order valence-corrected chi connectivity index (χ1v) is 6.76. The molecule has 1 aromatic rings. The summed E-state index contributed by atoms with van der Waals surface area (Å²) >= 11 is 0. The van der Waals surface area contributed by atoms with E-state index in [0.29, 0.717) is 13.0 Å². The molecule has 0 amide bonds. The van der Waals surface area contributed by atoms with Crippen LogP contribution in [0, 0.1) is 0 Å². The lowest BCUT2D eigenvalue weighted by Gasteiger charge is -2.21. The van der Waals surface area contributed by atoms with E-state index in [0.717, 1.165) is 18.3 Å². The fraction of sp³-hybridized carbons (Fsp3) is 0.600. The van der Waals surface area contributed by atoms with Gasteiger partial charge >= 0.3 is 0 Å². The first-order valence-electron chi connectivity index (χ1n) is 6.76. The summed E-state index contributed by atoms with van der Waals surface area (Å²) in [6, 6.07) is 8.79. The fourth-order valence-electron chi connectivity index (χ4n) is 1.64. The summed E-state index contributed by atoms with van der Waals surface area (Å²) < 4.78 is 5.65. The maximum absolute atomic E-state index is 9.90. The van der Waals surface area contributed by atoms with Gasteiger partial charge in [-0.25, -0.2) is 0 Å². The number of hydrogen-bond acceptors (Lipinski definition) is 3. The Kier molecular flexibility index (Phi) is 4.25. The monoisotopic (exact) mass is 249 g/mol. The minimum Gasteiger partial charge on any atom is -0.491 e. The second-order valence-electron chi connectivity index (χ2n) is 5.44. The van der Waals surface area contributed by atoms with Gasteiger partial charge < -0.3 is 15.2 Å². The highest BCUT2D eigenvalue weighted by atomic mass is 16.5. The number of benzene rings is 1. The van der Waals surface area contributed by atoms with Gasteiger partial charge in [0.05, 0.1) is 5.60 Å². The fourth-order valence-corrected chi connectivity index (χ4v) is 1.64. The van der Waals surface area contributed by atoms with Gasteiger partial charge in [-0.05, 0) is 43.9 Å². The van der Waals surface area contributed by atoms with Crippen molar-refractivity contribution in [3.63, 3.8) is 0 Å². The van der Waals surface area contributed by atoms with Crippen molar-refractivity contribution in [1.82, 2.24) is 5.32 Å². The first-order chi connectivity index (χ1) is 8.59. The standard InChI is InChI=1S/C15H23NO2/c1-3-15(2,17)11-18-14-6-4-5-12(9-14)10-16-13-7-8-13/h4-6,9,13,16-17H,3,7-8,10-11H2,1-2H3. The van der Waals surface area contributed by atoms with Crippen LogP contribution in [-0.2, 0) is 6.54 Å². The summed E-state index contributed by atoms with van der Waals surface area (Å²) in [6.07, 6.45) is 3.29. The number of rotatable bonds is 7. The second kappa shape index (κ2) is 5.72. The summed E-state index contributed by atoms with van der Waals surface area (Å²) in [5.74, 6) is 0.832. The zero-order chi connectivity index (χ0) is 13.0. The lowest BCUT2D eigenvalue weighted by Crippen LogP contribution is -2.31. The van der Waals surface area contributed by atoms with Crippen molar-refractivity contribution in [3.05, 3.63) is 29.8 Å². The zero-order valence-electron chi connectivity index (χ0n) is 11.3. The van der Waals surface area contributed by atoms with Crippen molar-refractivity contribution < 1.29 is 9.84 Å². The predicted molar refractivity (Wildman–Crippen MR) is 72.7 cm³/mol. The van der Waals surface area contributed by atoms with Crippen molar-refractivity contribution in [3.8, 4) is 5.75 Å². The van der Waals surface area contributed by atoms with Crippen LogP contribution < -0.4 is 10.1 Å². The molecule has 1 aromatic carbocycles. The van der Waals surface area contributed by atoms with Crippen LogP contribution in [-0.4, -0.2) is 23.4 Å². The maximum Gasteiger partial charge on any atom is 0.119 e. The molecular formula is C15H23NO2. The predicted octanol–water partition coefficient (Wildman–Crippen LogP) is 2.48. The van der Waals surface area contributed by atoms with E-state index in [1.54, 1.807) is 6.92 Å². The summed E-state index contributed by atoms with van der Waals surface area (Å²) in [5, 5.41) is 13.4. The largest absolute Gasteiger partial charge is 0.491 e. The Morgan fingerprint density at radius 1 is 1.44 bits per heavy atom. The van der Waals surface area contributed by atoms with Crippen LogP contribution in [0.1, 0.15) is 38.7 Å². The molecule has 1 atom stereocenters. The van der Waals surface area contributed by atoms with Gasteiger partial charge in [-0.2, -0.15) is 0 Å². The van der Waals surface area contributed by atoms with Crippen LogP contribution in [0.2, 0.25) is 0 Å². The summed E-state index contributed by atoms with van der Waals surface area (Å²) in [5.41, 5.74) is 0.484. The zero-order valence-corrected chi connectivity index (χ0v) is 11.3. The average molecular weight is 249 g/mol. The summed E-state index contributed by atoms with van der Waals surface area (Å²) in [7, 11) is 0. The molecule has 18 heavy (non-hydrogen) atoms. The van der Waals surface area contributed by atoms with Crippen LogP contribution in [0.3, 0.4) is 0 Å². The average Bonchev–Trinajstić information content (AvgIpc) is 3.19. The minimum atomic E-state index is -0.748. The Hall–Kier alpha value is -1.06. The molecule has 2 rings (SSSR count). The molecule has 0 aromatic heterocycles. The Morgan fingerprint density at radius 2 is 2.22 bits per heavy atom. The Bertz CT molecular complexity index is 386. The van der Waals surface area contributed by atoms with E-state index in [1.807, 2.05) is 25.1 Å². The van der Waals surface area contributed by atoms with Crippen molar-refractivity contribution in [2.75, 3.05) is 6.61 Å². The van der Waals surface area contributed by atoms with Crippen molar-refractivity contribution in [2.45, 2.75) is 51.3 Å². The molecule has 2 N–H and O–H groups in total. The van der Waals surface area contributed by atoms with Crippen LogP contribution in [0.25, 0.3) is 0 Å². The molecular weight excluding hydrogens is 226 g/mol. The van der Waals surface area contributed by atoms with Gasteiger partial charge in [0.2, 0.25) is 0 Å². The van der Waals surface area contributed by atoms with Gasteiger partial charge in [0.25, 0.3) is 0 Å². The highest BCUT2D eigenvalue weighted by Gasteiger charge is 2.20. The van der Waals surface area contributed by atoms with E-state index in [1.165, 1.54) is 18.4 Å². The Balaban J connectivity index is 1.85. The van der Waals surface area contributed by atoms with Crippen LogP contribution in [0.4, 0.5) is 0 Å². The van der Waals surface area contributed by atoms with Gasteiger partial charge in [0.15, 0.2) is 0 Å². The number of hydrogen-bond donors (Lipinski definition) is 2. The summed E-state index contributed by atoms with van der Waals surface area (Å²) in [6.45, 7) is 4.99. The summed E-state index contributed by atoms with van der Waals surface area (Å²) in [4.78, 5) is 0. The normalized spacial score (nSPS) is 18.4. The number of aliphatic hydroxyl groups is 1. The van der Waals surface area contributed by atoms with E-state index >= 15 is 0 Å². The number of ether oxygens (including phenoxy) is 1. The third-order valence-electron chi connectivity index (χ3n) is 3.38. The maximum atomic E-state index is 9.90. The van der Waals surface area contributed by atoms with E-state index < -0.39 is 5.60 Å². The lowest BCUT2D eigenvalue weighted by atomic mass is 10.1. The lowest BCUT2D eigenvalue weighted by molar-refractivity contribution is 0.00844. The van der Waals surface area contributed by atoms with Crippen LogP contribution in [0.15, 0.2) is 24.3 Å². The molecule has 3 nitrogen and oxygen atoms in total. The SMILES string of the molecule is CCC(C)(O)COc1cccc(CNC2CC2)c1. The molecule has 3 heteroatoms. The molecule has 1 unspecified atom stereocenters. The topological polar surface area (TPSA) is 41.5 Å². The van der Waals surface area contributed by atoms with E-state index in [4.69, 9.17) is 4.74 Å². The van der Waals surface area contributed by atoms with E-state index in [-0.39, 0.29) is 0 Å². The first kappa shape index (κ1) is 13.4. The van der Waals surface area contributed by atoms with Crippen LogP contribution in [0.5, 0.6) is 5.75 Å². The molecule has 0 spiro atoms. The molecule has 0 aliphatic heterocycles. The molecule has 1 aliphatic carbocycles. The third kappa shape index (κ3) is 4.31. The minimum absolute atomic E-state index is 0.336. The third-order valence-corrected chi connectivity index (χ3v) is 3.38. The second-order valence-corrected chi connectivity index (χ2v) is 5.44. The van der Waals surface area contributed by atoms with Gasteiger partial charge in [-0.1, -0.05) is 19.1 Å². The molecule has 1 aliphatic rings. The smallest absolute Gasteiger partial charge is 0.119 e. The Morgan fingerprint density at radius 3 is 2.89 bits per heavy atom.